The van der Waals surface area contributed by atoms with Gasteiger partial charge in [0.2, 0.25) is 13.9 Å². The number of hydrogen-bond donors (Lipinski definition) is 0. The third-order valence-corrected chi connectivity index (χ3v) is 9.47. The predicted octanol–water partition coefficient (Wildman–Crippen LogP) is -1.67. The van der Waals surface area contributed by atoms with E-state index in [0.717, 1.165) is 22.0 Å². The SMILES string of the molecule is COP(OC)c1ccccc1.Cc1cc(C)c(C(=O)P(=O)([O-])c2ccccc2)c(C)c1.Cc1ccc(C(=O)Cl)c(C)c1.[Br-].[Li+].[Li+]. The zero-order chi connectivity index (χ0) is 31.4. The Morgan fingerprint density at radius 2 is 1.16 bits per heavy atom. The van der Waals surface area contributed by atoms with E-state index in [2.05, 4.69) is 0 Å². The summed E-state index contributed by atoms with van der Waals surface area (Å²) in [5.41, 5.74) is 4.55. The van der Waals surface area contributed by atoms with E-state index in [1.807, 2.05) is 75.4 Å². The van der Waals surface area contributed by atoms with Crippen LogP contribution < -0.4 is 70.2 Å². The smallest absolute Gasteiger partial charge is 1.00 e. The number of carbonyl (C=O) groups excluding carboxylic acids is 2. The molecule has 45 heavy (non-hydrogen) atoms. The second-order valence-corrected chi connectivity index (χ2v) is 13.6. The maximum Gasteiger partial charge on any atom is 1.00 e. The Bertz CT molecular complexity index is 1530. The van der Waals surface area contributed by atoms with Gasteiger partial charge in [0.25, 0.3) is 5.24 Å². The van der Waals surface area contributed by atoms with Crippen molar-refractivity contribution in [1.29, 1.82) is 0 Å². The molecule has 0 saturated heterocycles. The topological polar surface area (TPSA) is 92.7 Å². The van der Waals surface area contributed by atoms with Crippen molar-refractivity contribution in [2.24, 2.45) is 0 Å². The molecule has 0 aliphatic heterocycles. The van der Waals surface area contributed by atoms with Gasteiger partial charge in [0.1, 0.15) is 7.37 Å². The van der Waals surface area contributed by atoms with E-state index in [9.17, 15) is 19.0 Å². The molecule has 1 unspecified atom stereocenters. The second kappa shape index (κ2) is 22.3. The Kier molecular flexibility index (Phi) is 22.7. The molecule has 0 heterocycles. The molecule has 0 bridgehead atoms. The van der Waals surface area contributed by atoms with E-state index in [1.54, 1.807) is 52.3 Å². The molecule has 0 amide bonds. The average Bonchev–Trinajstić information content (AvgIpc) is 2.94. The van der Waals surface area contributed by atoms with Crippen LogP contribution in [-0.2, 0) is 13.6 Å². The number of benzene rings is 4. The summed E-state index contributed by atoms with van der Waals surface area (Å²) in [5, 5.41) is 0.777. The summed E-state index contributed by atoms with van der Waals surface area (Å²) in [6, 6.07) is 27.0. The van der Waals surface area contributed by atoms with Gasteiger partial charge in [0, 0.05) is 36.0 Å². The van der Waals surface area contributed by atoms with Crippen molar-refractivity contribution in [2.45, 2.75) is 34.6 Å². The van der Waals surface area contributed by atoms with Gasteiger partial charge in [-0.3, -0.25) is 9.59 Å². The molecule has 0 saturated carbocycles. The normalized spacial score (nSPS) is 11.1. The van der Waals surface area contributed by atoms with Crippen LogP contribution in [0.5, 0.6) is 0 Å². The van der Waals surface area contributed by atoms with Crippen molar-refractivity contribution in [3.05, 3.63) is 130 Å². The fraction of sp³-hybridized carbons (Fsp3) is 0.212. The molecule has 0 radical (unpaired) electrons. The Balaban J connectivity index is 0. The van der Waals surface area contributed by atoms with E-state index in [4.69, 9.17) is 20.6 Å². The maximum atomic E-state index is 12.4. The molecule has 0 aliphatic carbocycles. The minimum absolute atomic E-state index is 0. The van der Waals surface area contributed by atoms with Crippen LogP contribution in [0.3, 0.4) is 0 Å². The third kappa shape index (κ3) is 13.8. The van der Waals surface area contributed by atoms with E-state index < -0.39 is 21.3 Å². The molecule has 4 aromatic rings. The van der Waals surface area contributed by atoms with E-state index >= 15 is 0 Å². The fourth-order valence-electron chi connectivity index (χ4n) is 4.28. The zero-order valence-electron chi connectivity index (χ0n) is 27.3. The predicted molar refractivity (Wildman–Crippen MR) is 172 cm³/mol. The molecule has 0 spiro atoms. The largest absolute Gasteiger partial charge is 1.00 e. The molecular formula is C33H36BrClLi2O6P2. The van der Waals surface area contributed by atoms with E-state index in [-0.39, 0.29) is 70.8 Å². The Morgan fingerprint density at radius 3 is 1.58 bits per heavy atom. The van der Waals surface area contributed by atoms with Gasteiger partial charge in [-0.2, -0.15) is 0 Å². The molecule has 4 aromatic carbocycles. The number of hydrogen-bond acceptors (Lipinski definition) is 6. The Morgan fingerprint density at radius 1 is 0.711 bits per heavy atom. The summed E-state index contributed by atoms with van der Waals surface area (Å²) in [6.07, 6.45) is 0. The summed E-state index contributed by atoms with van der Waals surface area (Å²) in [6.45, 7) is 9.30. The first-order chi connectivity index (χ1) is 19.8. The van der Waals surface area contributed by atoms with Crippen LogP contribution in [-0.4, -0.2) is 25.0 Å². The fourth-order valence-corrected chi connectivity index (χ4v) is 6.92. The van der Waals surface area contributed by atoms with E-state index in [0.29, 0.717) is 16.7 Å². The molecule has 12 heteroatoms. The molecule has 230 valence electrons. The van der Waals surface area contributed by atoms with Gasteiger partial charge < -0.3 is 35.5 Å². The van der Waals surface area contributed by atoms with Crippen molar-refractivity contribution in [1.82, 2.24) is 0 Å². The first kappa shape index (κ1) is 45.8. The number of halogens is 2. The Hall–Kier alpha value is -1.28. The quantitative estimate of drug-likeness (QED) is 0.129. The van der Waals surface area contributed by atoms with Crippen LogP contribution in [0.2, 0.25) is 0 Å². The minimum atomic E-state index is -4.32. The van der Waals surface area contributed by atoms with Gasteiger partial charge in [-0.25, -0.2) is 0 Å². The number of rotatable bonds is 7. The van der Waals surface area contributed by atoms with Gasteiger partial charge in [-0.1, -0.05) is 83.9 Å². The van der Waals surface area contributed by atoms with E-state index in [1.165, 1.54) is 12.1 Å². The van der Waals surface area contributed by atoms with Crippen LogP contribution in [0.4, 0.5) is 0 Å². The molecule has 4 rings (SSSR count). The monoisotopic (exact) mass is 718 g/mol. The standard InChI is InChI=1S/C16H17O3P.C9H9ClO.C8H11O2P.BrH.2Li/c1-11-9-12(2)15(13(3)10-11)16(17)20(18,19)14-7-5-4-6-8-14;1-6-3-4-8(9(10)11)7(2)5-6;1-9-11(10-2)8-6-4-3-5-7-8;;;/h4-10H,1-3H3,(H,18,19);3-5H,1-2H3;3-7H,1-2H3;1H;;/q;;;;2*+1/p-2. The van der Waals surface area contributed by atoms with Crippen LogP contribution in [0, 0.1) is 34.6 Å². The Labute approximate surface area is 308 Å². The summed E-state index contributed by atoms with van der Waals surface area (Å²) in [7, 11) is -1.86. The molecule has 0 fully saturated rings. The van der Waals surface area contributed by atoms with Gasteiger partial charge in [-0.05, 0) is 81.1 Å². The summed E-state index contributed by atoms with van der Waals surface area (Å²) >= 11 is 5.32. The average molecular weight is 720 g/mol. The van der Waals surface area contributed by atoms with Gasteiger partial charge in [-0.15, -0.1) is 0 Å². The van der Waals surface area contributed by atoms with Crippen LogP contribution in [0.15, 0.2) is 91.0 Å². The van der Waals surface area contributed by atoms with Crippen LogP contribution in [0.25, 0.3) is 0 Å². The third-order valence-electron chi connectivity index (χ3n) is 6.15. The van der Waals surface area contributed by atoms with Crippen LogP contribution >= 0.6 is 27.3 Å². The summed E-state index contributed by atoms with van der Waals surface area (Å²) in [5.74, 6) is 0. The van der Waals surface area contributed by atoms with Crippen molar-refractivity contribution < 1.29 is 82.8 Å². The second-order valence-electron chi connectivity index (χ2n) is 9.52. The van der Waals surface area contributed by atoms with Gasteiger partial charge >= 0.3 is 37.7 Å². The summed E-state index contributed by atoms with van der Waals surface area (Å²) < 4.78 is 22.7. The van der Waals surface area contributed by atoms with Crippen molar-refractivity contribution in [3.8, 4) is 0 Å². The van der Waals surface area contributed by atoms with Gasteiger partial charge in [0.15, 0.2) is 0 Å². The molecular weight excluding hydrogens is 684 g/mol. The molecule has 1 atom stereocenters. The minimum Gasteiger partial charge on any atom is -1.00 e. The summed E-state index contributed by atoms with van der Waals surface area (Å²) in [4.78, 5) is 35.6. The van der Waals surface area contributed by atoms with Crippen molar-refractivity contribution in [2.75, 3.05) is 14.2 Å². The molecule has 0 N–H and O–H groups in total. The van der Waals surface area contributed by atoms with Gasteiger partial charge in [0.05, 0.1) is 0 Å². The first-order valence-corrected chi connectivity index (χ1v) is 16.2. The van der Waals surface area contributed by atoms with Crippen molar-refractivity contribution >= 4 is 48.7 Å². The number of aryl methyl sites for hydroxylation is 5. The van der Waals surface area contributed by atoms with Crippen molar-refractivity contribution in [3.63, 3.8) is 0 Å². The maximum absolute atomic E-state index is 12.4. The first-order valence-electron chi connectivity index (χ1n) is 13.0. The molecule has 0 aromatic heterocycles. The molecule has 6 nitrogen and oxygen atoms in total. The zero-order valence-corrected chi connectivity index (χ0v) is 31.4. The number of carbonyl (C=O) groups is 2. The van der Waals surface area contributed by atoms with Crippen LogP contribution in [0.1, 0.15) is 48.5 Å². The molecule has 0 aliphatic rings.